The number of hydrogen-bond donors (Lipinski definition) is 1. The molecule has 0 bridgehead atoms. The van der Waals surface area contributed by atoms with Gasteiger partial charge < -0.3 is 4.90 Å². The van der Waals surface area contributed by atoms with Crippen LogP contribution in [0.3, 0.4) is 0 Å². The summed E-state index contributed by atoms with van der Waals surface area (Å²) in [6, 6.07) is 15.0. The summed E-state index contributed by atoms with van der Waals surface area (Å²) in [4.78, 5) is 6.28. The topological polar surface area (TPSA) is 41.1 Å². The minimum atomic E-state index is 0.728. The Morgan fingerprint density at radius 1 is 1.32 bits per heavy atom. The quantitative estimate of drug-likeness (QED) is 0.880. The molecule has 1 N–H and O–H groups in total. The van der Waals surface area contributed by atoms with Crippen LogP contribution < -0.4 is 4.90 Å². The summed E-state index contributed by atoms with van der Waals surface area (Å²) < 4.78 is 0. The average Bonchev–Trinajstić information content (AvgIpc) is 2.55. The highest BCUT2D eigenvalue weighted by Crippen LogP contribution is 2.23. The monoisotopic (exact) mass is 310 g/mol. The van der Waals surface area contributed by atoms with Gasteiger partial charge in [0.1, 0.15) is 24.2 Å². The summed E-state index contributed by atoms with van der Waals surface area (Å²) in [6.07, 6.45) is 1.00. The third-order valence-electron chi connectivity index (χ3n) is 4.01. The molecule has 2 heterocycles. The van der Waals surface area contributed by atoms with Crippen LogP contribution in [0.1, 0.15) is 29.3 Å². The number of pyridine rings is 1. The van der Waals surface area contributed by atoms with E-state index in [0.29, 0.717) is 0 Å². The molecule has 2 aromatic rings. The van der Waals surface area contributed by atoms with E-state index >= 15 is 0 Å². The van der Waals surface area contributed by atoms with Crippen LogP contribution in [0.5, 0.6) is 0 Å². The first-order valence-corrected chi connectivity index (χ1v) is 8.72. The van der Waals surface area contributed by atoms with E-state index in [1.54, 1.807) is 16.7 Å². The van der Waals surface area contributed by atoms with Crippen molar-refractivity contribution in [1.82, 2.24) is 4.98 Å². The highest BCUT2D eigenvalue weighted by Gasteiger charge is 2.22. The number of nitrogens with zero attached hydrogens (tertiary/aromatic N) is 2. The van der Waals surface area contributed by atoms with E-state index in [1.165, 1.54) is 16.8 Å². The minimum Gasteiger partial charge on any atom is -0.327 e. The lowest BCUT2D eigenvalue weighted by atomic mass is 10.0. The number of nitriles is 1. The van der Waals surface area contributed by atoms with Crippen molar-refractivity contribution in [1.29, 1.82) is 5.26 Å². The third-order valence-corrected chi connectivity index (χ3v) is 4.88. The molecule has 3 nitrogen and oxygen atoms in total. The number of fused-ring (bicyclic) bond motifs is 1. The van der Waals surface area contributed by atoms with Gasteiger partial charge in [-0.25, -0.2) is 4.98 Å². The molecule has 0 fully saturated rings. The summed E-state index contributed by atoms with van der Waals surface area (Å²) >= 11 is 1.66. The molecule has 1 unspecified atom stereocenters. The Bertz CT molecular complexity index is 691. The molecule has 1 aliphatic rings. The summed E-state index contributed by atoms with van der Waals surface area (Å²) in [5, 5.41) is 10.2. The second kappa shape index (κ2) is 6.95. The summed E-state index contributed by atoms with van der Waals surface area (Å²) in [5.41, 5.74) is 4.53. The number of rotatable bonds is 4. The number of nitrogens with one attached hydrogen (secondary N) is 1. The lowest BCUT2D eigenvalue weighted by Crippen LogP contribution is -3.10. The van der Waals surface area contributed by atoms with Gasteiger partial charge in [-0.2, -0.15) is 5.26 Å². The zero-order chi connectivity index (χ0) is 15.4. The van der Waals surface area contributed by atoms with E-state index in [-0.39, 0.29) is 0 Å². The van der Waals surface area contributed by atoms with Gasteiger partial charge in [-0.15, -0.1) is 11.8 Å². The first kappa shape index (κ1) is 15.1. The highest BCUT2D eigenvalue weighted by molar-refractivity contribution is 7.99. The molecule has 22 heavy (non-hydrogen) atoms. The standard InChI is InChI=1S/C18H19N3S/c1-2-22-18-15(11-19)10-16-13-21(9-8-17(16)20-18)12-14-6-4-3-5-7-14/h3-7,10H,2,8-9,12-13H2,1H3/p+1. The van der Waals surface area contributed by atoms with Crippen LogP contribution in [0.2, 0.25) is 0 Å². The molecular formula is C18H20N3S+. The maximum Gasteiger partial charge on any atom is 0.114 e. The van der Waals surface area contributed by atoms with Crippen LogP contribution in [0.25, 0.3) is 0 Å². The van der Waals surface area contributed by atoms with E-state index in [9.17, 15) is 5.26 Å². The molecule has 1 aliphatic heterocycles. The molecule has 1 aromatic carbocycles. The highest BCUT2D eigenvalue weighted by atomic mass is 32.2. The maximum absolute atomic E-state index is 9.34. The average molecular weight is 310 g/mol. The molecule has 3 rings (SSSR count). The number of aromatic nitrogens is 1. The molecule has 1 aromatic heterocycles. The zero-order valence-corrected chi connectivity index (χ0v) is 13.6. The van der Waals surface area contributed by atoms with Gasteiger partial charge in [0.05, 0.1) is 17.8 Å². The van der Waals surface area contributed by atoms with Gasteiger partial charge in [0.25, 0.3) is 0 Å². The van der Waals surface area contributed by atoms with Gasteiger partial charge in [-0.3, -0.25) is 0 Å². The van der Waals surface area contributed by atoms with Crippen LogP contribution in [0, 0.1) is 11.3 Å². The molecule has 0 radical (unpaired) electrons. The smallest absolute Gasteiger partial charge is 0.114 e. The number of hydrogen-bond acceptors (Lipinski definition) is 3. The van der Waals surface area contributed by atoms with Crippen molar-refractivity contribution in [3.63, 3.8) is 0 Å². The van der Waals surface area contributed by atoms with E-state index in [1.807, 2.05) is 0 Å². The third kappa shape index (κ3) is 3.32. The fraction of sp³-hybridized carbons (Fsp3) is 0.333. The maximum atomic E-state index is 9.34. The Morgan fingerprint density at radius 2 is 2.14 bits per heavy atom. The van der Waals surface area contributed by atoms with Crippen molar-refractivity contribution >= 4 is 11.8 Å². The fourth-order valence-electron chi connectivity index (χ4n) is 2.96. The van der Waals surface area contributed by atoms with Crippen molar-refractivity contribution in [3.8, 4) is 6.07 Å². The summed E-state index contributed by atoms with van der Waals surface area (Å²) in [7, 11) is 0. The van der Waals surface area contributed by atoms with E-state index in [0.717, 1.165) is 42.4 Å². The Labute approximate surface area is 136 Å². The lowest BCUT2D eigenvalue weighted by molar-refractivity contribution is -0.929. The van der Waals surface area contributed by atoms with Crippen molar-refractivity contribution in [2.45, 2.75) is 31.5 Å². The van der Waals surface area contributed by atoms with E-state index in [4.69, 9.17) is 4.98 Å². The van der Waals surface area contributed by atoms with Crippen molar-refractivity contribution < 1.29 is 4.90 Å². The zero-order valence-electron chi connectivity index (χ0n) is 12.8. The van der Waals surface area contributed by atoms with Gasteiger partial charge in [0.2, 0.25) is 0 Å². The second-order valence-electron chi connectivity index (χ2n) is 5.58. The fourth-order valence-corrected chi connectivity index (χ4v) is 3.67. The molecule has 1 atom stereocenters. The van der Waals surface area contributed by atoms with Crippen molar-refractivity contribution in [2.75, 3.05) is 12.3 Å². The number of benzene rings is 1. The van der Waals surface area contributed by atoms with Gasteiger partial charge in [0, 0.05) is 17.5 Å². The molecule has 112 valence electrons. The van der Waals surface area contributed by atoms with Crippen LogP contribution >= 0.6 is 11.8 Å². The summed E-state index contributed by atoms with van der Waals surface area (Å²) in [5.74, 6) is 0.950. The summed E-state index contributed by atoms with van der Waals surface area (Å²) in [6.45, 7) is 5.20. The van der Waals surface area contributed by atoms with E-state index in [2.05, 4.69) is 49.4 Å². The van der Waals surface area contributed by atoms with Gasteiger partial charge >= 0.3 is 0 Å². The Hall–Kier alpha value is -1.83. The molecule has 0 saturated heterocycles. The Morgan fingerprint density at radius 3 is 2.86 bits per heavy atom. The molecule has 0 saturated carbocycles. The predicted octanol–water partition coefficient (Wildman–Crippen LogP) is 2.21. The number of quaternary nitrogens is 1. The van der Waals surface area contributed by atoms with Crippen molar-refractivity contribution in [2.24, 2.45) is 0 Å². The van der Waals surface area contributed by atoms with Gasteiger partial charge in [0.15, 0.2) is 0 Å². The number of thioether (sulfide) groups is 1. The van der Waals surface area contributed by atoms with Gasteiger partial charge in [-0.1, -0.05) is 37.3 Å². The molecular weight excluding hydrogens is 290 g/mol. The Balaban J connectivity index is 1.79. The molecule has 0 aliphatic carbocycles. The molecule has 4 heteroatoms. The minimum absolute atomic E-state index is 0.728. The first-order chi connectivity index (χ1) is 10.8. The predicted molar refractivity (Wildman–Crippen MR) is 88.7 cm³/mol. The van der Waals surface area contributed by atoms with Crippen LogP contribution in [-0.2, 0) is 19.5 Å². The van der Waals surface area contributed by atoms with Crippen molar-refractivity contribution in [3.05, 3.63) is 58.8 Å². The lowest BCUT2D eigenvalue weighted by Gasteiger charge is -2.26. The Kier molecular flexibility index (Phi) is 4.77. The largest absolute Gasteiger partial charge is 0.327 e. The second-order valence-corrected chi connectivity index (χ2v) is 6.83. The van der Waals surface area contributed by atoms with Crippen LogP contribution in [0.4, 0.5) is 0 Å². The van der Waals surface area contributed by atoms with E-state index < -0.39 is 0 Å². The van der Waals surface area contributed by atoms with Crippen LogP contribution in [0.15, 0.2) is 41.4 Å². The first-order valence-electron chi connectivity index (χ1n) is 7.73. The SMILES string of the molecule is CCSc1nc2c(cc1C#N)C[NH+](Cc1ccccc1)CC2. The van der Waals surface area contributed by atoms with Crippen LogP contribution in [-0.4, -0.2) is 17.3 Å². The molecule has 0 spiro atoms. The van der Waals surface area contributed by atoms with Gasteiger partial charge in [-0.05, 0) is 11.8 Å². The molecule has 0 amide bonds. The normalized spacial score (nSPS) is 16.8.